The number of hydrogen-bond donors (Lipinski definition) is 0. The smallest absolute Gasteiger partial charge is 0.179 e. The zero-order valence-electron chi connectivity index (χ0n) is 13.4. The highest BCUT2D eigenvalue weighted by Crippen LogP contribution is 2.34. The van der Waals surface area contributed by atoms with Crippen molar-refractivity contribution in [1.82, 2.24) is 0 Å². The minimum absolute atomic E-state index is 0.319. The lowest BCUT2D eigenvalue weighted by atomic mass is 10.1. The summed E-state index contributed by atoms with van der Waals surface area (Å²) in [5.74, 6) is 1.79. The van der Waals surface area contributed by atoms with E-state index in [1.807, 2.05) is 32.0 Å². The van der Waals surface area contributed by atoms with Gasteiger partial charge in [0, 0.05) is 4.47 Å². The van der Waals surface area contributed by atoms with Gasteiger partial charge in [-0.15, -0.1) is 0 Å². The van der Waals surface area contributed by atoms with Crippen LogP contribution >= 0.6 is 15.9 Å². The Bertz CT molecular complexity index is 738. The molecule has 0 aromatic heterocycles. The molecule has 0 amide bonds. The molecule has 0 saturated heterocycles. The van der Waals surface area contributed by atoms with Gasteiger partial charge in [-0.25, -0.2) is 0 Å². The predicted octanol–water partition coefficient (Wildman–Crippen LogP) is 4.40. The maximum Gasteiger partial charge on any atom is 0.179 e. The van der Waals surface area contributed by atoms with Crippen molar-refractivity contribution in [3.05, 3.63) is 51.5 Å². The second-order valence-corrected chi connectivity index (χ2v) is 5.98. The maximum absolute atomic E-state index is 9.23. The largest absolute Gasteiger partial charge is 0.493 e. The van der Waals surface area contributed by atoms with Crippen molar-refractivity contribution in [2.24, 2.45) is 0 Å². The summed E-state index contributed by atoms with van der Waals surface area (Å²) < 4.78 is 17.5. The summed E-state index contributed by atoms with van der Waals surface area (Å²) in [7, 11) is 1.54. The van der Waals surface area contributed by atoms with Crippen molar-refractivity contribution in [3.63, 3.8) is 0 Å². The predicted molar refractivity (Wildman–Crippen MR) is 92.3 cm³/mol. The fourth-order valence-electron chi connectivity index (χ4n) is 2.11. The lowest BCUT2D eigenvalue weighted by Crippen LogP contribution is -2.11. The number of rotatable bonds is 6. The standard InChI is InChI=1S/C18H18BrNO3/c1-12-4-5-13(2)16(8-12)22-6-7-23-18-14(11-20)9-15(19)10-17(18)21-3/h4-5,8-10H,6-7H2,1-3H3. The Labute approximate surface area is 144 Å². The minimum atomic E-state index is 0.319. The SMILES string of the molecule is COc1cc(Br)cc(C#N)c1OCCOc1cc(C)ccc1C. The Balaban J connectivity index is 2.02. The second-order valence-electron chi connectivity index (χ2n) is 5.06. The summed E-state index contributed by atoms with van der Waals surface area (Å²) in [6.45, 7) is 4.73. The quantitative estimate of drug-likeness (QED) is 0.701. The highest BCUT2D eigenvalue weighted by Gasteiger charge is 2.12. The van der Waals surface area contributed by atoms with E-state index < -0.39 is 0 Å². The van der Waals surface area contributed by atoms with Gasteiger partial charge in [-0.1, -0.05) is 28.1 Å². The molecule has 0 aliphatic carbocycles. The van der Waals surface area contributed by atoms with Crippen LogP contribution in [0.3, 0.4) is 0 Å². The zero-order chi connectivity index (χ0) is 16.8. The van der Waals surface area contributed by atoms with Gasteiger partial charge in [0.25, 0.3) is 0 Å². The molecular formula is C18H18BrNO3. The third kappa shape index (κ3) is 4.40. The van der Waals surface area contributed by atoms with E-state index in [1.165, 1.54) is 0 Å². The normalized spacial score (nSPS) is 10.0. The van der Waals surface area contributed by atoms with E-state index in [2.05, 4.69) is 22.0 Å². The summed E-state index contributed by atoms with van der Waals surface area (Å²) in [6.07, 6.45) is 0. The number of nitrogens with zero attached hydrogens (tertiary/aromatic N) is 1. The highest BCUT2D eigenvalue weighted by molar-refractivity contribution is 9.10. The van der Waals surface area contributed by atoms with Crippen molar-refractivity contribution in [2.45, 2.75) is 13.8 Å². The van der Waals surface area contributed by atoms with Gasteiger partial charge in [0.1, 0.15) is 25.0 Å². The van der Waals surface area contributed by atoms with Crippen molar-refractivity contribution in [2.75, 3.05) is 20.3 Å². The zero-order valence-corrected chi connectivity index (χ0v) is 14.9. The minimum Gasteiger partial charge on any atom is -0.493 e. The number of ether oxygens (including phenoxy) is 3. The summed E-state index contributed by atoms with van der Waals surface area (Å²) in [6, 6.07) is 11.6. The number of hydrogen-bond acceptors (Lipinski definition) is 4. The molecule has 120 valence electrons. The third-order valence-electron chi connectivity index (χ3n) is 3.29. The molecule has 0 spiro atoms. The highest BCUT2D eigenvalue weighted by atomic mass is 79.9. The van der Waals surface area contributed by atoms with Gasteiger partial charge in [-0.3, -0.25) is 0 Å². The summed E-state index contributed by atoms with van der Waals surface area (Å²) >= 11 is 3.34. The number of nitriles is 1. The van der Waals surface area contributed by atoms with Crippen LogP contribution in [-0.4, -0.2) is 20.3 Å². The molecule has 0 atom stereocenters. The van der Waals surface area contributed by atoms with Crippen LogP contribution < -0.4 is 14.2 Å². The van der Waals surface area contributed by atoms with Crippen LogP contribution in [0.2, 0.25) is 0 Å². The monoisotopic (exact) mass is 375 g/mol. The number of benzene rings is 2. The Morgan fingerprint density at radius 2 is 1.78 bits per heavy atom. The van der Waals surface area contributed by atoms with Gasteiger partial charge < -0.3 is 14.2 Å². The fraction of sp³-hybridized carbons (Fsp3) is 0.278. The van der Waals surface area contributed by atoms with E-state index in [0.29, 0.717) is 30.3 Å². The lowest BCUT2D eigenvalue weighted by Gasteiger charge is -2.14. The fourth-order valence-corrected chi connectivity index (χ4v) is 2.55. The maximum atomic E-state index is 9.23. The molecule has 0 bridgehead atoms. The van der Waals surface area contributed by atoms with Crippen molar-refractivity contribution in [1.29, 1.82) is 5.26 Å². The number of methoxy groups -OCH3 is 1. The van der Waals surface area contributed by atoms with Gasteiger partial charge in [-0.05, 0) is 43.2 Å². The molecule has 0 fully saturated rings. The molecule has 0 aliphatic heterocycles. The van der Waals surface area contributed by atoms with E-state index in [0.717, 1.165) is 21.3 Å². The van der Waals surface area contributed by atoms with Gasteiger partial charge in [-0.2, -0.15) is 5.26 Å². The van der Waals surface area contributed by atoms with Gasteiger partial charge >= 0.3 is 0 Å². The number of aryl methyl sites for hydroxylation is 2. The molecule has 23 heavy (non-hydrogen) atoms. The van der Waals surface area contributed by atoms with Gasteiger partial charge in [0.2, 0.25) is 0 Å². The lowest BCUT2D eigenvalue weighted by molar-refractivity contribution is 0.210. The Kier molecular flexibility index (Phi) is 5.89. The van der Waals surface area contributed by atoms with Crippen LogP contribution in [-0.2, 0) is 0 Å². The van der Waals surface area contributed by atoms with Crippen molar-refractivity contribution in [3.8, 4) is 23.3 Å². The first kappa shape index (κ1) is 17.2. The van der Waals surface area contributed by atoms with E-state index in [4.69, 9.17) is 14.2 Å². The molecule has 2 rings (SSSR count). The molecule has 5 heteroatoms. The second kappa shape index (κ2) is 7.89. The Morgan fingerprint density at radius 1 is 1.04 bits per heavy atom. The third-order valence-corrected chi connectivity index (χ3v) is 3.75. The molecule has 2 aromatic carbocycles. The van der Waals surface area contributed by atoms with Crippen molar-refractivity contribution >= 4 is 15.9 Å². The molecule has 2 aromatic rings. The van der Waals surface area contributed by atoms with Crippen LogP contribution in [0.25, 0.3) is 0 Å². The molecule has 0 aliphatic rings. The summed E-state index contributed by atoms with van der Waals surface area (Å²) in [5.41, 5.74) is 2.64. The van der Waals surface area contributed by atoms with E-state index in [1.54, 1.807) is 19.2 Å². The molecular weight excluding hydrogens is 358 g/mol. The first-order valence-corrected chi connectivity index (χ1v) is 7.95. The summed E-state index contributed by atoms with van der Waals surface area (Å²) in [5, 5.41) is 9.23. The molecule has 0 heterocycles. The first-order valence-electron chi connectivity index (χ1n) is 7.15. The van der Waals surface area contributed by atoms with Crippen LogP contribution in [0.1, 0.15) is 16.7 Å². The van der Waals surface area contributed by atoms with Crippen LogP contribution in [0, 0.1) is 25.2 Å². The van der Waals surface area contributed by atoms with Crippen LogP contribution in [0.15, 0.2) is 34.8 Å². The molecule has 0 saturated carbocycles. The van der Waals surface area contributed by atoms with Gasteiger partial charge in [0.05, 0.1) is 12.7 Å². The first-order chi connectivity index (χ1) is 11.0. The molecule has 0 N–H and O–H groups in total. The summed E-state index contributed by atoms with van der Waals surface area (Å²) in [4.78, 5) is 0. The van der Waals surface area contributed by atoms with Crippen LogP contribution in [0.4, 0.5) is 0 Å². The Morgan fingerprint density at radius 3 is 2.48 bits per heavy atom. The molecule has 0 unspecified atom stereocenters. The molecule has 4 nitrogen and oxygen atoms in total. The topological polar surface area (TPSA) is 51.5 Å². The van der Waals surface area contributed by atoms with Crippen molar-refractivity contribution < 1.29 is 14.2 Å². The van der Waals surface area contributed by atoms with E-state index >= 15 is 0 Å². The van der Waals surface area contributed by atoms with Crippen LogP contribution in [0.5, 0.6) is 17.2 Å². The van der Waals surface area contributed by atoms with Gasteiger partial charge in [0.15, 0.2) is 11.5 Å². The van der Waals surface area contributed by atoms with E-state index in [9.17, 15) is 5.26 Å². The average Bonchev–Trinajstić information content (AvgIpc) is 2.54. The molecule has 0 radical (unpaired) electrons. The Hall–Kier alpha value is -2.19. The average molecular weight is 376 g/mol. The number of halogens is 1. The van der Waals surface area contributed by atoms with E-state index in [-0.39, 0.29) is 0 Å².